The Labute approximate surface area is 101 Å². The number of hydrogen-bond acceptors (Lipinski definition) is 3. The number of nitrogen functional groups attached to an aromatic ring is 1. The molecule has 2 aromatic heterocycles. The normalized spacial score (nSPS) is 11.3. The molecule has 0 amide bonds. The summed E-state index contributed by atoms with van der Waals surface area (Å²) >= 11 is 0. The second kappa shape index (κ2) is 3.56. The molecule has 0 saturated carbocycles. The van der Waals surface area contributed by atoms with Crippen LogP contribution in [0.1, 0.15) is 0 Å². The summed E-state index contributed by atoms with van der Waals surface area (Å²) < 4.78 is 34.0. The fourth-order valence-corrected chi connectivity index (χ4v) is 1.95. The van der Waals surface area contributed by atoms with E-state index in [0.717, 1.165) is 6.07 Å². The van der Waals surface area contributed by atoms with Crippen LogP contribution in [-0.2, 0) is 7.05 Å². The van der Waals surface area contributed by atoms with Crippen molar-refractivity contribution < 1.29 is 13.2 Å². The minimum absolute atomic E-state index is 0.127. The van der Waals surface area contributed by atoms with Crippen LogP contribution in [0, 0.1) is 11.6 Å². The lowest BCUT2D eigenvalue weighted by Gasteiger charge is -2.04. The molecule has 0 fully saturated rings. The van der Waals surface area contributed by atoms with Gasteiger partial charge in [0.1, 0.15) is 23.0 Å². The third kappa shape index (κ3) is 1.32. The van der Waals surface area contributed by atoms with E-state index in [-0.39, 0.29) is 16.5 Å². The number of aryl methyl sites for hydroxylation is 1. The highest BCUT2D eigenvalue weighted by Crippen LogP contribution is 2.36. The first-order valence-corrected chi connectivity index (χ1v) is 5.22. The van der Waals surface area contributed by atoms with E-state index in [0.29, 0.717) is 11.4 Å². The molecule has 2 heterocycles. The van der Waals surface area contributed by atoms with Gasteiger partial charge in [-0.25, -0.2) is 8.78 Å². The fourth-order valence-electron chi connectivity index (χ4n) is 1.95. The van der Waals surface area contributed by atoms with E-state index in [1.54, 1.807) is 7.05 Å². The molecule has 3 aromatic rings. The number of halogens is 2. The van der Waals surface area contributed by atoms with E-state index in [4.69, 9.17) is 10.2 Å². The van der Waals surface area contributed by atoms with Gasteiger partial charge in [-0.15, -0.1) is 0 Å². The highest BCUT2D eigenvalue weighted by molar-refractivity contribution is 5.95. The standard InChI is InChI=1S/C12H9F2N3O/c1-17-12(15)7(5-16-17)10-9(14)4-8(13)6-2-3-18-11(6)10/h2-5H,15H2,1H3. The molecular weight excluding hydrogens is 240 g/mol. The highest BCUT2D eigenvalue weighted by atomic mass is 19.1. The van der Waals surface area contributed by atoms with E-state index in [9.17, 15) is 8.78 Å². The quantitative estimate of drug-likeness (QED) is 0.721. The zero-order valence-electron chi connectivity index (χ0n) is 9.45. The molecule has 0 bridgehead atoms. The zero-order chi connectivity index (χ0) is 12.9. The molecule has 4 nitrogen and oxygen atoms in total. The molecule has 0 radical (unpaired) electrons. The van der Waals surface area contributed by atoms with Crippen molar-refractivity contribution in [3.8, 4) is 11.1 Å². The van der Waals surface area contributed by atoms with Crippen molar-refractivity contribution in [3.05, 3.63) is 36.2 Å². The van der Waals surface area contributed by atoms with E-state index in [2.05, 4.69) is 5.10 Å². The summed E-state index contributed by atoms with van der Waals surface area (Å²) in [6, 6.07) is 2.26. The lowest BCUT2D eigenvalue weighted by atomic mass is 10.0. The second-order valence-electron chi connectivity index (χ2n) is 3.95. The van der Waals surface area contributed by atoms with Crippen molar-refractivity contribution >= 4 is 16.8 Å². The van der Waals surface area contributed by atoms with Crippen LogP contribution in [0.15, 0.2) is 29.0 Å². The third-order valence-electron chi connectivity index (χ3n) is 2.90. The molecule has 0 atom stereocenters. The molecule has 0 aliphatic carbocycles. The van der Waals surface area contributed by atoms with Gasteiger partial charge in [0.2, 0.25) is 0 Å². The Balaban J connectivity index is 2.42. The van der Waals surface area contributed by atoms with E-state index in [1.165, 1.54) is 23.2 Å². The van der Waals surface area contributed by atoms with Crippen molar-refractivity contribution in [2.24, 2.45) is 7.05 Å². The Morgan fingerprint density at radius 3 is 2.78 bits per heavy atom. The monoisotopic (exact) mass is 249 g/mol. The Hall–Kier alpha value is -2.37. The largest absolute Gasteiger partial charge is 0.463 e. The smallest absolute Gasteiger partial charge is 0.147 e. The molecule has 3 rings (SSSR count). The highest BCUT2D eigenvalue weighted by Gasteiger charge is 2.20. The first kappa shape index (κ1) is 10.8. The Kier molecular flexibility index (Phi) is 2.13. The lowest BCUT2D eigenvalue weighted by Crippen LogP contribution is -1.99. The number of nitrogens with two attached hydrogens (primary N) is 1. The summed E-state index contributed by atoms with van der Waals surface area (Å²) in [7, 11) is 1.64. The van der Waals surface area contributed by atoms with Gasteiger partial charge in [-0.3, -0.25) is 4.68 Å². The first-order chi connectivity index (χ1) is 8.59. The Morgan fingerprint density at radius 2 is 2.11 bits per heavy atom. The van der Waals surface area contributed by atoms with Crippen LogP contribution in [0.4, 0.5) is 14.6 Å². The van der Waals surface area contributed by atoms with Gasteiger partial charge in [-0.1, -0.05) is 0 Å². The van der Waals surface area contributed by atoms with Crippen molar-refractivity contribution in [2.75, 3.05) is 5.73 Å². The van der Waals surface area contributed by atoms with E-state index < -0.39 is 11.6 Å². The van der Waals surface area contributed by atoms with Crippen LogP contribution in [0.3, 0.4) is 0 Å². The van der Waals surface area contributed by atoms with E-state index in [1.807, 2.05) is 0 Å². The fraction of sp³-hybridized carbons (Fsp3) is 0.0833. The number of benzene rings is 1. The number of aromatic nitrogens is 2. The van der Waals surface area contributed by atoms with Gasteiger partial charge in [-0.05, 0) is 6.07 Å². The predicted molar refractivity (Wildman–Crippen MR) is 62.7 cm³/mol. The molecule has 2 N–H and O–H groups in total. The summed E-state index contributed by atoms with van der Waals surface area (Å²) in [5.74, 6) is -1.10. The minimum atomic E-state index is -0.727. The van der Waals surface area contributed by atoms with Crippen molar-refractivity contribution in [2.45, 2.75) is 0 Å². The molecule has 1 aromatic carbocycles. The SMILES string of the molecule is Cn1ncc(-c2c(F)cc(F)c3ccoc23)c1N. The van der Waals surface area contributed by atoms with Gasteiger partial charge in [-0.2, -0.15) is 5.10 Å². The molecule has 0 unspecified atom stereocenters. The van der Waals surface area contributed by atoms with Gasteiger partial charge in [0.15, 0.2) is 0 Å². The topological polar surface area (TPSA) is 57.0 Å². The second-order valence-corrected chi connectivity index (χ2v) is 3.95. The molecule has 18 heavy (non-hydrogen) atoms. The first-order valence-electron chi connectivity index (χ1n) is 5.22. The summed E-state index contributed by atoms with van der Waals surface area (Å²) in [5, 5.41) is 4.15. The maximum Gasteiger partial charge on any atom is 0.147 e. The maximum absolute atomic E-state index is 13.9. The molecule has 0 aliphatic heterocycles. The van der Waals surface area contributed by atoms with Gasteiger partial charge in [0, 0.05) is 13.1 Å². The van der Waals surface area contributed by atoms with Crippen molar-refractivity contribution in [3.63, 3.8) is 0 Å². The summed E-state index contributed by atoms with van der Waals surface area (Å²) in [6.45, 7) is 0. The predicted octanol–water partition coefficient (Wildman–Crippen LogP) is 2.69. The van der Waals surface area contributed by atoms with Gasteiger partial charge in [0.25, 0.3) is 0 Å². The van der Waals surface area contributed by atoms with Crippen LogP contribution in [0.5, 0.6) is 0 Å². The van der Waals surface area contributed by atoms with E-state index >= 15 is 0 Å². The Morgan fingerprint density at radius 1 is 1.33 bits per heavy atom. The molecule has 0 aliphatic rings. The number of fused-ring (bicyclic) bond motifs is 1. The molecular formula is C12H9F2N3O. The summed E-state index contributed by atoms with van der Waals surface area (Å²) in [6.07, 6.45) is 2.73. The summed E-state index contributed by atoms with van der Waals surface area (Å²) in [5.41, 5.74) is 6.44. The van der Waals surface area contributed by atoms with Gasteiger partial charge in [0.05, 0.1) is 29.0 Å². The lowest BCUT2D eigenvalue weighted by molar-refractivity contribution is 0.580. The van der Waals surface area contributed by atoms with Crippen LogP contribution >= 0.6 is 0 Å². The average Bonchev–Trinajstić information content (AvgIpc) is 2.91. The van der Waals surface area contributed by atoms with Crippen LogP contribution in [-0.4, -0.2) is 9.78 Å². The number of nitrogens with zero attached hydrogens (tertiary/aromatic N) is 2. The minimum Gasteiger partial charge on any atom is -0.463 e. The van der Waals surface area contributed by atoms with Crippen LogP contribution in [0.25, 0.3) is 22.1 Å². The number of hydrogen-bond donors (Lipinski definition) is 1. The van der Waals surface area contributed by atoms with Crippen LogP contribution in [0.2, 0.25) is 0 Å². The number of rotatable bonds is 1. The number of furan rings is 1. The molecule has 92 valence electrons. The average molecular weight is 249 g/mol. The Bertz CT molecular complexity index is 745. The summed E-state index contributed by atoms with van der Waals surface area (Å²) in [4.78, 5) is 0. The third-order valence-corrected chi connectivity index (χ3v) is 2.90. The van der Waals surface area contributed by atoms with Crippen LogP contribution < -0.4 is 5.73 Å². The van der Waals surface area contributed by atoms with Crippen molar-refractivity contribution in [1.29, 1.82) is 0 Å². The maximum atomic E-state index is 13.9. The zero-order valence-corrected chi connectivity index (χ0v) is 9.45. The molecule has 0 saturated heterocycles. The van der Waals surface area contributed by atoms with Crippen molar-refractivity contribution in [1.82, 2.24) is 9.78 Å². The van der Waals surface area contributed by atoms with Gasteiger partial charge < -0.3 is 10.2 Å². The number of anilines is 1. The molecule has 6 heteroatoms. The van der Waals surface area contributed by atoms with Gasteiger partial charge >= 0.3 is 0 Å². The molecule has 0 spiro atoms.